The van der Waals surface area contributed by atoms with Crippen LogP contribution >= 0.6 is 0 Å². The van der Waals surface area contributed by atoms with Crippen LogP contribution < -0.4 is 14.4 Å². The molecule has 1 fully saturated rings. The van der Waals surface area contributed by atoms with E-state index in [9.17, 15) is 22.4 Å². The third-order valence-electron chi connectivity index (χ3n) is 6.87. The molecule has 1 atom stereocenters. The summed E-state index contributed by atoms with van der Waals surface area (Å²) in [5, 5.41) is 3.11. The lowest BCUT2D eigenvalue weighted by atomic mass is 9.95. The van der Waals surface area contributed by atoms with Gasteiger partial charge in [0.15, 0.2) is 0 Å². The monoisotopic (exact) mass is 547 g/mol. The number of amides is 2. The van der Waals surface area contributed by atoms with Crippen LogP contribution in [-0.4, -0.2) is 57.1 Å². The van der Waals surface area contributed by atoms with E-state index < -0.39 is 21.9 Å². The molecule has 0 aromatic heterocycles. The summed E-state index contributed by atoms with van der Waals surface area (Å²) >= 11 is 0. The molecule has 2 aromatic rings. The highest BCUT2D eigenvalue weighted by Gasteiger charge is 2.28. The van der Waals surface area contributed by atoms with E-state index in [1.165, 1.54) is 35.6 Å². The molecular formula is C28H38FN3O5S. The number of ether oxygens (including phenoxy) is 1. The smallest absolute Gasteiger partial charge is 0.242 e. The lowest BCUT2D eigenvalue weighted by molar-refractivity contribution is -0.141. The molecule has 38 heavy (non-hydrogen) atoms. The Labute approximate surface area is 225 Å². The molecule has 8 nitrogen and oxygen atoms in total. The minimum absolute atomic E-state index is 0.0399. The van der Waals surface area contributed by atoms with Gasteiger partial charge in [-0.2, -0.15) is 0 Å². The van der Waals surface area contributed by atoms with Crippen LogP contribution in [0.2, 0.25) is 0 Å². The third kappa shape index (κ3) is 8.44. The van der Waals surface area contributed by atoms with Gasteiger partial charge in [0.2, 0.25) is 21.8 Å². The first-order valence-electron chi connectivity index (χ1n) is 13.0. The summed E-state index contributed by atoms with van der Waals surface area (Å²) in [5.41, 5.74) is 1.15. The fourth-order valence-corrected chi connectivity index (χ4v) is 5.70. The molecule has 0 bridgehead atoms. The highest BCUT2D eigenvalue weighted by molar-refractivity contribution is 7.92. The highest BCUT2D eigenvalue weighted by Crippen LogP contribution is 2.21. The van der Waals surface area contributed by atoms with Gasteiger partial charge in [-0.05, 0) is 68.1 Å². The van der Waals surface area contributed by atoms with Crippen molar-refractivity contribution in [2.45, 2.75) is 70.5 Å². The van der Waals surface area contributed by atoms with Gasteiger partial charge in [0.1, 0.15) is 17.6 Å². The van der Waals surface area contributed by atoms with E-state index in [2.05, 4.69) is 5.32 Å². The maximum atomic E-state index is 13.4. The first kappa shape index (κ1) is 29.4. The van der Waals surface area contributed by atoms with E-state index in [1.807, 2.05) is 24.3 Å². The van der Waals surface area contributed by atoms with Crippen LogP contribution in [0.1, 0.15) is 57.4 Å². The van der Waals surface area contributed by atoms with Crippen LogP contribution in [0.5, 0.6) is 5.75 Å². The molecule has 0 spiro atoms. The molecule has 0 aliphatic heterocycles. The SMILES string of the molecule is COc1cccc(CN(C(=O)CCCN(c2ccc(F)cc2)S(C)(=O)=O)[C@@H](C)C(=O)NC2CCCCC2)c1. The van der Waals surface area contributed by atoms with Crippen LogP contribution in [-0.2, 0) is 26.2 Å². The van der Waals surface area contributed by atoms with Gasteiger partial charge >= 0.3 is 0 Å². The second kappa shape index (κ2) is 13.6. The number of carbonyl (C=O) groups is 2. The van der Waals surface area contributed by atoms with Crippen LogP contribution in [0.3, 0.4) is 0 Å². The molecule has 0 heterocycles. The van der Waals surface area contributed by atoms with Crippen molar-refractivity contribution in [3.05, 3.63) is 59.9 Å². The minimum Gasteiger partial charge on any atom is -0.497 e. The lowest BCUT2D eigenvalue weighted by Gasteiger charge is -2.31. The van der Waals surface area contributed by atoms with Crippen molar-refractivity contribution in [2.75, 3.05) is 24.2 Å². The maximum absolute atomic E-state index is 13.4. The van der Waals surface area contributed by atoms with E-state index in [4.69, 9.17) is 4.74 Å². The molecule has 208 valence electrons. The van der Waals surface area contributed by atoms with Crippen molar-refractivity contribution >= 4 is 27.5 Å². The second-order valence-electron chi connectivity index (χ2n) is 9.81. The van der Waals surface area contributed by atoms with Gasteiger partial charge in [-0.15, -0.1) is 0 Å². The van der Waals surface area contributed by atoms with Gasteiger partial charge in [-0.1, -0.05) is 31.4 Å². The van der Waals surface area contributed by atoms with Gasteiger partial charge in [0, 0.05) is 25.6 Å². The summed E-state index contributed by atoms with van der Waals surface area (Å²) in [5.74, 6) is -0.271. The van der Waals surface area contributed by atoms with Gasteiger partial charge in [0.05, 0.1) is 19.1 Å². The van der Waals surface area contributed by atoms with Crippen molar-refractivity contribution in [1.82, 2.24) is 10.2 Å². The maximum Gasteiger partial charge on any atom is 0.242 e. The van der Waals surface area contributed by atoms with Crippen molar-refractivity contribution in [3.63, 3.8) is 0 Å². The van der Waals surface area contributed by atoms with Crippen LogP contribution in [0, 0.1) is 5.82 Å². The van der Waals surface area contributed by atoms with Crippen molar-refractivity contribution < 1.29 is 27.1 Å². The Kier molecular flexibility index (Phi) is 10.5. The Bertz CT molecular complexity index is 1180. The summed E-state index contributed by atoms with van der Waals surface area (Å²) in [6, 6.07) is 11.9. The molecule has 1 aliphatic carbocycles. The van der Waals surface area contributed by atoms with Crippen LogP contribution in [0.25, 0.3) is 0 Å². The van der Waals surface area contributed by atoms with E-state index in [0.29, 0.717) is 11.4 Å². The molecule has 10 heteroatoms. The predicted molar refractivity (Wildman–Crippen MR) is 146 cm³/mol. The zero-order valence-electron chi connectivity index (χ0n) is 22.4. The minimum atomic E-state index is -3.64. The topological polar surface area (TPSA) is 96.0 Å². The van der Waals surface area contributed by atoms with Crippen molar-refractivity contribution in [3.8, 4) is 5.75 Å². The molecule has 1 N–H and O–H groups in total. The number of halogens is 1. The zero-order valence-corrected chi connectivity index (χ0v) is 23.2. The van der Waals surface area contributed by atoms with Crippen molar-refractivity contribution in [1.29, 1.82) is 0 Å². The fraction of sp³-hybridized carbons (Fsp3) is 0.500. The lowest BCUT2D eigenvalue weighted by Crippen LogP contribution is -2.50. The molecule has 1 saturated carbocycles. The first-order valence-corrected chi connectivity index (χ1v) is 14.9. The quantitative estimate of drug-likeness (QED) is 0.429. The van der Waals surface area contributed by atoms with E-state index in [0.717, 1.165) is 41.8 Å². The van der Waals surface area contributed by atoms with E-state index in [-0.39, 0.29) is 43.8 Å². The van der Waals surface area contributed by atoms with Gasteiger partial charge in [-0.25, -0.2) is 12.8 Å². The van der Waals surface area contributed by atoms with Gasteiger partial charge in [0.25, 0.3) is 0 Å². The van der Waals surface area contributed by atoms with Gasteiger partial charge < -0.3 is 15.0 Å². The summed E-state index contributed by atoms with van der Waals surface area (Å²) in [6.07, 6.45) is 6.55. The molecule has 3 rings (SSSR count). The average Bonchev–Trinajstić information content (AvgIpc) is 2.90. The number of rotatable bonds is 12. The summed E-state index contributed by atoms with van der Waals surface area (Å²) in [4.78, 5) is 28.1. The molecule has 0 saturated heterocycles. The number of hydrogen-bond acceptors (Lipinski definition) is 5. The summed E-state index contributed by atoms with van der Waals surface area (Å²) in [7, 11) is -2.08. The number of hydrogen-bond donors (Lipinski definition) is 1. The number of carbonyl (C=O) groups excluding carboxylic acids is 2. The largest absolute Gasteiger partial charge is 0.497 e. The number of methoxy groups -OCH3 is 1. The van der Waals surface area contributed by atoms with Crippen molar-refractivity contribution in [2.24, 2.45) is 0 Å². The Balaban J connectivity index is 1.72. The summed E-state index contributed by atoms with van der Waals surface area (Å²) in [6.45, 7) is 1.98. The van der Waals surface area contributed by atoms with Gasteiger partial charge in [-0.3, -0.25) is 13.9 Å². The van der Waals surface area contributed by atoms with Crippen LogP contribution in [0.15, 0.2) is 48.5 Å². The number of nitrogens with one attached hydrogen (secondary N) is 1. The summed E-state index contributed by atoms with van der Waals surface area (Å²) < 4.78 is 44.6. The molecule has 0 unspecified atom stereocenters. The standard InChI is InChI=1S/C28H38FN3O5S/c1-21(28(34)30-24-10-5-4-6-11-24)31(20-22-9-7-12-26(19-22)37-2)27(33)13-8-18-32(38(3,35)36)25-16-14-23(29)15-17-25/h7,9,12,14-17,19,21,24H,4-6,8,10-11,13,18,20H2,1-3H3,(H,30,34)/t21-/m0/s1. The average molecular weight is 548 g/mol. The Morgan fingerprint density at radius 1 is 1.11 bits per heavy atom. The predicted octanol–water partition coefficient (Wildman–Crippen LogP) is 4.25. The Hall–Kier alpha value is -3.14. The van der Waals surface area contributed by atoms with E-state index >= 15 is 0 Å². The number of anilines is 1. The molecule has 2 aromatic carbocycles. The Morgan fingerprint density at radius 3 is 2.42 bits per heavy atom. The molecule has 1 aliphatic rings. The fourth-order valence-electron chi connectivity index (χ4n) is 4.73. The second-order valence-corrected chi connectivity index (χ2v) is 11.7. The number of benzene rings is 2. The highest BCUT2D eigenvalue weighted by atomic mass is 32.2. The van der Waals surface area contributed by atoms with E-state index in [1.54, 1.807) is 14.0 Å². The first-order chi connectivity index (χ1) is 18.1. The number of sulfonamides is 1. The molecular weight excluding hydrogens is 509 g/mol. The Morgan fingerprint density at radius 2 is 1.79 bits per heavy atom. The molecule has 0 radical (unpaired) electrons. The van der Waals surface area contributed by atoms with Crippen LogP contribution in [0.4, 0.5) is 10.1 Å². The molecule has 2 amide bonds. The number of nitrogens with zero attached hydrogens (tertiary/aromatic N) is 2. The zero-order chi connectivity index (χ0) is 27.7. The third-order valence-corrected chi connectivity index (χ3v) is 8.07. The normalized spacial score (nSPS) is 14.9.